The Kier molecular flexibility index (Phi) is 26.6. The van der Waals surface area contributed by atoms with Crippen LogP contribution in [-0.2, 0) is 55.3 Å². The van der Waals surface area contributed by atoms with E-state index in [1.54, 1.807) is 34.9 Å². The Balaban J connectivity index is -0.000000240. The van der Waals surface area contributed by atoms with Gasteiger partial charge in [-0.2, -0.15) is 0 Å². The average Bonchev–Trinajstić information content (AvgIpc) is 2.84. The van der Waals surface area contributed by atoms with Crippen molar-refractivity contribution < 1.29 is 75.7 Å². The Hall–Kier alpha value is -3.59. The van der Waals surface area contributed by atoms with Crippen LogP contribution in [0, 0.1) is 0 Å². The van der Waals surface area contributed by atoms with E-state index >= 15 is 0 Å². The third-order valence-electron chi connectivity index (χ3n) is 3.66. The van der Waals surface area contributed by atoms with Crippen LogP contribution < -0.4 is 0 Å². The fourth-order valence-corrected chi connectivity index (χ4v) is 1.59. The van der Waals surface area contributed by atoms with Gasteiger partial charge in [-0.25, -0.2) is 9.59 Å². The smallest absolute Gasteiger partial charge is 0.373 e. The zero-order chi connectivity index (χ0) is 31.3. The summed E-state index contributed by atoms with van der Waals surface area (Å²) in [4.78, 5) is 58.2. The molecule has 40 heavy (non-hydrogen) atoms. The minimum Gasteiger partial charge on any atom is -0.507 e. The summed E-state index contributed by atoms with van der Waals surface area (Å²) in [6, 6.07) is 0. The van der Waals surface area contributed by atoms with Crippen LogP contribution in [0.15, 0.2) is 35.5 Å². The van der Waals surface area contributed by atoms with E-state index in [9.17, 15) is 24.0 Å². The van der Waals surface area contributed by atoms with Crippen molar-refractivity contribution in [3.8, 4) is 0 Å². The van der Waals surface area contributed by atoms with Crippen molar-refractivity contribution in [2.75, 3.05) is 62.1 Å². The number of carbonyl (C=O) groups excluding carboxylic acids is 5. The topological polar surface area (TPSA) is 204 Å². The van der Waals surface area contributed by atoms with Gasteiger partial charge in [0.1, 0.15) is 0 Å². The Morgan fingerprint density at radius 1 is 0.625 bits per heavy atom. The predicted octanol–water partition coefficient (Wildman–Crippen LogP) is 0.0281. The van der Waals surface area contributed by atoms with Gasteiger partial charge < -0.3 is 49.3 Å². The summed E-state index contributed by atoms with van der Waals surface area (Å²) < 4.78 is 13.6. The Morgan fingerprint density at radius 3 is 1.18 bits per heavy atom. The van der Waals surface area contributed by atoms with Crippen LogP contribution in [0.25, 0.3) is 0 Å². The summed E-state index contributed by atoms with van der Waals surface area (Å²) in [5, 5.41) is 36.2. The second-order valence-electron chi connectivity index (χ2n) is 7.57. The van der Waals surface area contributed by atoms with E-state index < -0.39 is 53.2 Å². The fraction of sp³-hybridized carbons (Fsp3) is 0.542. The zero-order valence-electron chi connectivity index (χ0n) is 24.2. The fourth-order valence-electron chi connectivity index (χ4n) is 1.59. The van der Waals surface area contributed by atoms with E-state index in [4.69, 9.17) is 20.4 Å². The number of carbonyl (C=O) groups is 5. The third-order valence-corrected chi connectivity index (χ3v) is 3.66. The van der Waals surface area contributed by atoms with Crippen LogP contribution in [0.2, 0.25) is 0 Å². The minimum atomic E-state index is -1.42. The molecule has 0 saturated carbocycles. The molecule has 16 heteroatoms. The van der Waals surface area contributed by atoms with Gasteiger partial charge in [-0.1, -0.05) is 0 Å². The number of hydrogen-bond acceptors (Lipinski definition) is 12. The van der Waals surface area contributed by atoms with Gasteiger partial charge >= 0.3 is 11.9 Å². The average molecular weight is 619 g/mol. The molecule has 0 saturated heterocycles. The number of likely N-dealkylation sites (N-methyl/N-ethyl adjacent to an activating group) is 3. The molecular formula is C24H41FeN3O12. The molecule has 232 valence electrons. The molecule has 1 unspecified atom stereocenters. The molecule has 0 spiro atoms. The number of aliphatic hydroxyl groups is 4. The van der Waals surface area contributed by atoms with Gasteiger partial charge in [0.2, 0.25) is 35.5 Å². The van der Waals surface area contributed by atoms with E-state index in [0.717, 1.165) is 18.2 Å². The number of ether oxygens (including phenoxy) is 3. The SMILES string of the molecule is CCOC(=O)C(O)=CC(=O)N(C)C.CCOC(=O)C(O)=CC(=O)N(C)C.CCOC(O)C(O)=CC(=O)N(C)C.[Fe]. The number of rotatable bonds is 10. The maximum Gasteiger partial charge on any atom is 0.373 e. The molecule has 0 aromatic carbocycles. The van der Waals surface area contributed by atoms with Crippen LogP contribution in [0.5, 0.6) is 0 Å². The third kappa shape index (κ3) is 22.4. The number of nitrogens with zero attached hydrogens (tertiary/aromatic N) is 3. The summed E-state index contributed by atoms with van der Waals surface area (Å²) in [6.45, 7) is 5.47. The number of amides is 3. The molecule has 1 atom stereocenters. The zero-order valence-corrected chi connectivity index (χ0v) is 25.3. The first-order chi connectivity index (χ1) is 18.0. The van der Waals surface area contributed by atoms with Crippen molar-refractivity contribution in [3.63, 3.8) is 0 Å². The second kappa shape index (κ2) is 24.4. The van der Waals surface area contributed by atoms with Crippen LogP contribution in [-0.4, -0.2) is 133 Å². The first-order valence-electron chi connectivity index (χ1n) is 11.5. The van der Waals surface area contributed by atoms with Crippen molar-refractivity contribution >= 4 is 29.7 Å². The van der Waals surface area contributed by atoms with E-state index in [-0.39, 0.29) is 36.9 Å². The van der Waals surface area contributed by atoms with Crippen LogP contribution in [0.1, 0.15) is 20.8 Å². The number of hydrogen-bond donors (Lipinski definition) is 4. The molecule has 0 bridgehead atoms. The standard InChI is InChI=1S/C8H15NO4.2C8H13NO4.Fe/c3*1-4-13-8(12)6(10)5-7(11)9(2)3;/h5,8,10,12H,4H2,1-3H3;2*5,10H,4H2,1-3H3;. The molecule has 0 aliphatic heterocycles. The van der Waals surface area contributed by atoms with Crippen molar-refractivity contribution in [2.24, 2.45) is 0 Å². The number of aliphatic hydroxyl groups excluding tert-OH is 4. The maximum atomic E-state index is 11.0. The van der Waals surface area contributed by atoms with Gasteiger partial charge in [0.15, 0.2) is 5.76 Å². The normalized spacial score (nSPS) is 11.6. The van der Waals surface area contributed by atoms with Crippen LogP contribution in [0.4, 0.5) is 0 Å². The monoisotopic (exact) mass is 619 g/mol. The van der Waals surface area contributed by atoms with Crippen LogP contribution >= 0.6 is 0 Å². The van der Waals surface area contributed by atoms with Crippen molar-refractivity contribution in [2.45, 2.75) is 27.1 Å². The van der Waals surface area contributed by atoms with Gasteiger partial charge in [-0.15, -0.1) is 0 Å². The van der Waals surface area contributed by atoms with Crippen molar-refractivity contribution in [3.05, 3.63) is 35.5 Å². The molecule has 3 amide bonds. The molecule has 0 aromatic rings. The quantitative estimate of drug-likeness (QED) is 0.0841. The molecular weight excluding hydrogens is 578 g/mol. The molecule has 4 N–H and O–H groups in total. The van der Waals surface area contributed by atoms with Gasteiger partial charge in [-0.3, -0.25) is 14.4 Å². The predicted molar refractivity (Wildman–Crippen MR) is 139 cm³/mol. The molecule has 15 nitrogen and oxygen atoms in total. The summed E-state index contributed by atoms with van der Waals surface area (Å²) >= 11 is 0. The summed E-state index contributed by atoms with van der Waals surface area (Å²) in [6.07, 6.45) is 1.13. The first kappa shape index (κ1) is 43.5. The second-order valence-corrected chi connectivity index (χ2v) is 7.57. The molecule has 0 aliphatic carbocycles. The minimum absolute atomic E-state index is 0. The van der Waals surface area contributed by atoms with Gasteiger partial charge in [0, 0.05) is 72.0 Å². The van der Waals surface area contributed by atoms with Crippen LogP contribution in [0.3, 0.4) is 0 Å². The van der Waals surface area contributed by atoms with Crippen molar-refractivity contribution in [1.82, 2.24) is 14.7 Å². The van der Waals surface area contributed by atoms with Gasteiger partial charge in [0.25, 0.3) is 0 Å². The molecule has 0 aromatic heterocycles. The summed E-state index contributed by atoms with van der Waals surface area (Å²) in [5.41, 5.74) is 0. The molecule has 0 aliphatic rings. The maximum absolute atomic E-state index is 11.0. The molecule has 0 fully saturated rings. The van der Waals surface area contributed by atoms with E-state index in [1.807, 2.05) is 0 Å². The van der Waals surface area contributed by atoms with E-state index in [2.05, 4.69) is 14.2 Å². The molecule has 0 radical (unpaired) electrons. The summed E-state index contributed by atoms with van der Waals surface area (Å²) in [5.74, 6) is -4.97. The Bertz CT molecular complexity index is 850. The van der Waals surface area contributed by atoms with Gasteiger partial charge in [-0.05, 0) is 20.8 Å². The van der Waals surface area contributed by atoms with E-state index in [1.165, 1.54) is 42.9 Å². The van der Waals surface area contributed by atoms with Gasteiger partial charge in [0.05, 0.1) is 25.4 Å². The molecule has 0 rings (SSSR count). The number of esters is 2. The first-order valence-corrected chi connectivity index (χ1v) is 11.5. The Morgan fingerprint density at radius 2 is 0.925 bits per heavy atom. The summed E-state index contributed by atoms with van der Waals surface area (Å²) in [7, 11) is 9.13. The Labute approximate surface area is 244 Å². The van der Waals surface area contributed by atoms with Crippen molar-refractivity contribution in [1.29, 1.82) is 0 Å². The van der Waals surface area contributed by atoms with E-state index in [0.29, 0.717) is 0 Å². The molecule has 0 heterocycles. The largest absolute Gasteiger partial charge is 0.507 e.